The number of rotatable bonds is 7. The molecule has 0 amide bonds. The van der Waals surface area contributed by atoms with Crippen LogP contribution in [0.25, 0.3) is 0 Å². The van der Waals surface area contributed by atoms with E-state index >= 15 is 0 Å². The van der Waals surface area contributed by atoms with Crippen LogP contribution in [0.3, 0.4) is 0 Å². The summed E-state index contributed by atoms with van der Waals surface area (Å²) >= 11 is 0. The molecule has 2 aromatic rings. The lowest BCUT2D eigenvalue weighted by Crippen LogP contribution is -2.35. The molecule has 2 heterocycles. The molecule has 174 valence electrons. The van der Waals surface area contributed by atoms with Gasteiger partial charge in [-0.05, 0) is 45.6 Å². The number of hydrogen-bond donors (Lipinski definition) is 2. The van der Waals surface area contributed by atoms with Crippen LogP contribution in [0.5, 0.6) is 0 Å². The van der Waals surface area contributed by atoms with Gasteiger partial charge >= 0.3 is 5.97 Å². The Kier molecular flexibility index (Phi) is 8.64. The summed E-state index contributed by atoms with van der Waals surface area (Å²) in [5.74, 6) is -0.396. The molecule has 0 aromatic heterocycles. The first kappa shape index (κ1) is 24.2. The van der Waals surface area contributed by atoms with Gasteiger partial charge in [-0.15, -0.1) is 0 Å². The third kappa shape index (κ3) is 6.29. The number of aliphatic hydroxyl groups excluding tert-OH is 1. The molecule has 0 saturated carbocycles. The molecule has 32 heavy (non-hydrogen) atoms. The van der Waals surface area contributed by atoms with Gasteiger partial charge in [-0.2, -0.15) is 5.06 Å². The summed E-state index contributed by atoms with van der Waals surface area (Å²) in [7, 11) is 4.08. The van der Waals surface area contributed by atoms with Crippen molar-refractivity contribution >= 4 is 11.7 Å². The number of hydroxylamine groups is 2. The highest BCUT2D eigenvalue weighted by molar-refractivity contribution is 5.79. The van der Waals surface area contributed by atoms with E-state index in [-0.39, 0.29) is 24.6 Å². The normalized spacial score (nSPS) is 24.6. The van der Waals surface area contributed by atoms with Crippen molar-refractivity contribution in [2.75, 3.05) is 39.1 Å². The summed E-state index contributed by atoms with van der Waals surface area (Å²) < 4.78 is 5.34. The highest BCUT2D eigenvalue weighted by atomic mass is 16.7. The van der Waals surface area contributed by atoms with Crippen molar-refractivity contribution in [2.24, 2.45) is 5.92 Å². The topological polar surface area (TPSA) is 74.3 Å². The van der Waals surface area contributed by atoms with Crippen molar-refractivity contribution < 1.29 is 19.5 Å². The molecule has 2 aliphatic heterocycles. The summed E-state index contributed by atoms with van der Waals surface area (Å²) in [5, 5.41) is 14.6. The SMILES string of the molecule is C[C@@H]1OC(=O)C2C1C(CO)ON2Cc1cccc(NCCN(C)C)c1.Cc1ccccc1. The van der Waals surface area contributed by atoms with Crippen molar-refractivity contribution in [2.45, 2.75) is 38.6 Å². The van der Waals surface area contributed by atoms with Crippen molar-refractivity contribution in [3.8, 4) is 0 Å². The summed E-state index contributed by atoms with van der Waals surface area (Å²) in [6.07, 6.45) is -0.633. The Balaban J connectivity index is 0.000000352. The molecule has 4 atom stereocenters. The average molecular weight is 442 g/mol. The lowest BCUT2D eigenvalue weighted by molar-refractivity contribution is -0.195. The lowest BCUT2D eigenvalue weighted by Gasteiger charge is -2.20. The first-order valence-electron chi connectivity index (χ1n) is 11.1. The average Bonchev–Trinajstić information content (AvgIpc) is 3.27. The molecule has 3 unspecified atom stereocenters. The minimum atomic E-state index is -0.447. The Labute approximate surface area is 190 Å². The Morgan fingerprint density at radius 2 is 1.88 bits per heavy atom. The Morgan fingerprint density at radius 1 is 1.12 bits per heavy atom. The van der Waals surface area contributed by atoms with Gasteiger partial charge in [0, 0.05) is 18.8 Å². The number of fused-ring (bicyclic) bond motifs is 1. The maximum atomic E-state index is 12.2. The van der Waals surface area contributed by atoms with E-state index in [0.717, 1.165) is 24.3 Å². The van der Waals surface area contributed by atoms with E-state index in [0.29, 0.717) is 6.54 Å². The number of cyclic esters (lactones) is 1. The maximum Gasteiger partial charge on any atom is 0.326 e. The van der Waals surface area contributed by atoms with Gasteiger partial charge in [-0.3, -0.25) is 9.63 Å². The summed E-state index contributed by atoms with van der Waals surface area (Å²) in [6, 6.07) is 17.9. The number of anilines is 1. The largest absolute Gasteiger partial charge is 0.461 e. The molecule has 2 saturated heterocycles. The van der Waals surface area contributed by atoms with Crippen molar-refractivity contribution in [3.05, 3.63) is 65.7 Å². The molecule has 7 heteroatoms. The third-order valence-corrected chi connectivity index (χ3v) is 5.73. The van der Waals surface area contributed by atoms with Crippen LogP contribution in [0.15, 0.2) is 54.6 Å². The molecule has 0 spiro atoms. The fraction of sp³-hybridized carbons (Fsp3) is 0.480. The fourth-order valence-electron chi connectivity index (χ4n) is 4.08. The van der Waals surface area contributed by atoms with Gasteiger partial charge in [0.15, 0.2) is 0 Å². The monoisotopic (exact) mass is 441 g/mol. The van der Waals surface area contributed by atoms with E-state index < -0.39 is 12.1 Å². The lowest BCUT2D eigenvalue weighted by atomic mass is 9.93. The summed E-state index contributed by atoms with van der Waals surface area (Å²) in [6.45, 7) is 6.10. The van der Waals surface area contributed by atoms with Crippen LogP contribution in [-0.2, 0) is 20.9 Å². The number of benzene rings is 2. The van der Waals surface area contributed by atoms with Gasteiger partial charge in [0.05, 0.1) is 19.1 Å². The summed E-state index contributed by atoms with van der Waals surface area (Å²) in [5.41, 5.74) is 3.40. The number of likely N-dealkylation sites (N-methyl/N-ethyl adjacent to an activating group) is 1. The number of hydrogen-bond acceptors (Lipinski definition) is 7. The highest BCUT2D eigenvalue weighted by Crippen LogP contribution is 2.38. The predicted octanol–water partition coefficient (Wildman–Crippen LogP) is 2.69. The van der Waals surface area contributed by atoms with Crippen molar-refractivity contribution in [1.82, 2.24) is 9.96 Å². The molecule has 7 nitrogen and oxygen atoms in total. The van der Waals surface area contributed by atoms with Crippen LogP contribution < -0.4 is 5.32 Å². The quantitative estimate of drug-likeness (QED) is 0.640. The number of nitrogens with one attached hydrogen (secondary N) is 1. The van der Waals surface area contributed by atoms with Crippen LogP contribution in [0.1, 0.15) is 18.1 Å². The number of esters is 1. The minimum absolute atomic E-state index is 0.120. The van der Waals surface area contributed by atoms with E-state index in [4.69, 9.17) is 9.57 Å². The molecule has 0 radical (unpaired) electrons. The zero-order chi connectivity index (χ0) is 23.1. The Bertz CT molecular complexity index is 861. The molecule has 2 aliphatic rings. The minimum Gasteiger partial charge on any atom is -0.461 e. The van der Waals surface area contributed by atoms with Gasteiger partial charge in [0.1, 0.15) is 18.2 Å². The smallest absolute Gasteiger partial charge is 0.326 e. The molecule has 2 N–H and O–H groups in total. The second-order valence-corrected chi connectivity index (χ2v) is 8.65. The molecular formula is C25H35N3O4. The van der Waals surface area contributed by atoms with Crippen LogP contribution in [0.4, 0.5) is 5.69 Å². The second kappa shape index (κ2) is 11.4. The van der Waals surface area contributed by atoms with Gasteiger partial charge in [-0.1, -0.05) is 48.0 Å². The molecule has 2 fully saturated rings. The molecule has 2 aromatic carbocycles. The maximum absolute atomic E-state index is 12.2. The van der Waals surface area contributed by atoms with Crippen molar-refractivity contribution in [1.29, 1.82) is 0 Å². The van der Waals surface area contributed by atoms with E-state index in [9.17, 15) is 9.90 Å². The van der Waals surface area contributed by atoms with E-state index in [2.05, 4.69) is 35.3 Å². The second-order valence-electron chi connectivity index (χ2n) is 8.65. The van der Waals surface area contributed by atoms with Gasteiger partial charge < -0.3 is 20.1 Å². The molecular weight excluding hydrogens is 406 g/mol. The number of aliphatic hydroxyl groups is 1. The third-order valence-electron chi connectivity index (χ3n) is 5.73. The Hall–Kier alpha value is -2.45. The van der Waals surface area contributed by atoms with Crippen LogP contribution in [0, 0.1) is 12.8 Å². The van der Waals surface area contributed by atoms with Gasteiger partial charge in [0.2, 0.25) is 0 Å². The number of carbonyl (C=O) groups is 1. The zero-order valence-electron chi connectivity index (χ0n) is 19.4. The van der Waals surface area contributed by atoms with Gasteiger partial charge in [0.25, 0.3) is 0 Å². The fourth-order valence-corrected chi connectivity index (χ4v) is 4.08. The van der Waals surface area contributed by atoms with Crippen molar-refractivity contribution in [3.63, 3.8) is 0 Å². The molecule has 0 bridgehead atoms. The highest BCUT2D eigenvalue weighted by Gasteiger charge is 2.56. The predicted molar refractivity (Wildman–Crippen MR) is 125 cm³/mol. The number of carbonyl (C=O) groups excluding carboxylic acids is 1. The van der Waals surface area contributed by atoms with Crippen LogP contribution >= 0.6 is 0 Å². The van der Waals surface area contributed by atoms with Crippen LogP contribution in [0.2, 0.25) is 0 Å². The van der Waals surface area contributed by atoms with E-state index in [1.165, 1.54) is 5.56 Å². The first-order valence-corrected chi connectivity index (χ1v) is 11.1. The molecule has 4 rings (SSSR count). The number of ether oxygens (including phenoxy) is 1. The summed E-state index contributed by atoms with van der Waals surface area (Å²) in [4.78, 5) is 20.1. The standard InChI is InChI=1S/C18H27N3O4.C7H8/c1-12-16-15(11-22)25-21(17(16)18(23)24-12)10-13-5-4-6-14(9-13)19-7-8-20(2)3;1-7-5-3-2-4-6-7/h4-6,9,12,15-17,19,22H,7-8,10-11H2,1-3H3;2-6H,1H3/t12-,15?,16?,17?;/m0./s1. The number of nitrogens with zero attached hydrogens (tertiary/aromatic N) is 2. The van der Waals surface area contributed by atoms with Crippen LogP contribution in [-0.4, -0.2) is 73.1 Å². The zero-order valence-corrected chi connectivity index (χ0v) is 19.4. The number of aryl methyl sites for hydroxylation is 1. The van der Waals surface area contributed by atoms with Gasteiger partial charge in [-0.25, -0.2) is 0 Å². The Morgan fingerprint density at radius 3 is 2.50 bits per heavy atom. The van der Waals surface area contributed by atoms with E-state index in [1.54, 1.807) is 5.06 Å². The van der Waals surface area contributed by atoms with E-state index in [1.807, 2.05) is 57.4 Å². The first-order chi connectivity index (χ1) is 15.4. The molecule has 0 aliphatic carbocycles.